The Bertz CT molecular complexity index is 553. The molecule has 1 aliphatic heterocycles. The fourth-order valence-electron chi connectivity index (χ4n) is 1.10. The van der Waals surface area contributed by atoms with Crippen molar-refractivity contribution in [3.8, 4) is 6.07 Å². The van der Waals surface area contributed by atoms with Crippen LogP contribution >= 0.6 is 0 Å². The van der Waals surface area contributed by atoms with E-state index in [9.17, 15) is 0 Å². The molecule has 1 rings (SSSR count). The fourth-order valence-corrected chi connectivity index (χ4v) is 1.10. The summed E-state index contributed by atoms with van der Waals surface area (Å²) in [6.45, 7) is 0. The van der Waals surface area contributed by atoms with Crippen LogP contribution in [0.2, 0.25) is 0 Å². The Morgan fingerprint density at radius 1 is 0.900 bits per heavy atom. The van der Waals surface area contributed by atoms with Gasteiger partial charge in [-0.05, 0) is 24.3 Å². The number of hydrogen-bond acceptors (Lipinski definition) is 4. The van der Waals surface area contributed by atoms with Gasteiger partial charge in [0.05, 0.1) is 17.9 Å². The molecule has 4 nitrogen and oxygen atoms in total. The molecule has 20 heavy (non-hydrogen) atoms. The molecule has 0 aromatic heterocycles. The molecule has 0 atom stereocenters. The van der Waals surface area contributed by atoms with Gasteiger partial charge in [0.15, 0.2) is 0 Å². The quantitative estimate of drug-likeness (QED) is 0.731. The van der Waals surface area contributed by atoms with Crippen LogP contribution in [0.5, 0.6) is 0 Å². The lowest BCUT2D eigenvalue weighted by molar-refractivity contribution is 0.139. The summed E-state index contributed by atoms with van der Waals surface area (Å²) in [5.41, 5.74) is 2.96. The maximum absolute atomic E-state index is 8.93. The highest BCUT2D eigenvalue weighted by Crippen LogP contribution is 1.96. The Morgan fingerprint density at radius 2 is 1.60 bits per heavy atom. The number of nitriles is 1. The molecule has 1 heterocycles. The summed E-state index contributed by atoms with van der Waals surface area (Å²) in [6.07, 6.45) is 24.5. The number of allylic oxidation sites excluding steroid dienone is 13. The zero-order chi connectivity index (χ0) is 14.3. The van der Waals surface area contributed by atoms with Crippen molar-refractivity contribution in [2.75, 3.05) is 0 Å². The van der Waals surface area contributed by atoms with E-state index in [1.165, 1.54) is 12.5 Å². The molecule has 0 radical (unpaired) electrons. The van der Waals surface area contributed by atoms with Crippen LogP contribution in [-0.2, 0) is 4.84 Å². The average molecular weight is 265 g/mol. The first kappa shape index (κ1) is 15.0. The molecule has 0 bridgehead atoms. The van der Waals surface area contributed by atoms with Gasteiger partial charge in [-0.1, -0.05) is 48.6 Å². The molecule has 0 saturated heterocycles. The van der Waals surface area contributed by atoms with Gasteiger partial charge in [-0.3, -0.25) is 0 Å². The first-order chi connectivity index (χ1) is 9.93. The lowest BCUT2D eigenvalue weighted by Crippen LogP contribution is -2.00. The lowest BCUT2D eigenvalue weighted by Gasteiger charge is -1.93. The smallest absolute Gasteiger partial charge is 0.121 e. The number of rotatable bonds is 0. The molecule has 0 fully saturated rings. The monoisotopic (exact) mass is 265 g/mol. The van der Waals surface area contributed by atoms with Crippen LogP contribution in [0, 0.1) is 11.3 Å². The van der Waals surface area contributed by atoms with Crippen molar-refractivity contribution in [3.05, 3.63) is 84.7 Å². The van der Waals surface area contributed by atoms with E-state index in [-0.39, 0.29) is 0 Å². The van der Waals surface area contributed by atoms with Gasteiger partial charge >= 0.3 is 0 Å². The Kier molecular flexibility index (Phi) is 8.29. The maximum atomic E-state index is 8.93. The van der Waals surface area contributed by atoms with E-state index in [4.69, 9.17) is 10.1 Å². The summed E-state index contributed by atoms with van der Waals surface area (Å²) in [7, 11) is 0. The van der Waals surface area contributed by atoms with Gasteiger partial charge in [-0.25, -0.2) is 0 Å². The second kappa shape index (κ2) is 11.1. The van der Waals surface area contributed by atoms with E-state index in [1.807, 2.05) is 36.5 Å². The minimum absolute atomic E-state index is 0.567. The molecule has 0 unspecified atom stereocenters. The second-order valence-corrected chi connectivity index (χ2v) is 3.45. The molecule has 1 aliphatic rings. The SMILES string of the molecule is N#CC1=CC=CC=CC=CC=CONN=CC=CC=C1. The largest absolute Gasteiger partial charge is 0.373 e. The zero-order valence-corrected chi connectivity index (χ0v) is 10.9. The van der Waals surface area contributed by atoms with Crippen LogP contribution in [-0.4, -0.2) is 6.21 Å². The van der Waals surface area contributed by atoms with Crippen LogP contribution in [0.1, 0.15) is 0 Å². The Balaban J connectivity index is 2.78. The predicted octanol–water partition coefficient (Wildman–Crippen LogP) is 3.25. The third-order valence-electron chi connectivity index (χ3n) is 1.98. The fraction of sp³-hybridized carbons (Fsp3) is 0. The third-order valence-corrected chi connectivity index (χ3v) is 1.98. The van der Waals surface area contributed by atoms with Gasteiger partial charge < -0.3 is 4.84 Å². The molecule has 100 valence electrons. The van der Waals surface area contributed by atoms with Gasteiger partial charge in [0.1, 0.15) is 6.26 Å². The van der Waals surface area contributed by atoms with Gasteiger partial charge in [0, 0.05) is 0 Å². The van der Waals surface area contributed by atoms with Crippen LogP contribution < -0.4 is 5.59 Å². The molecule has 0 saturated carbocycles. The van der Waals surface area contributed by atoms with Crippen molar-refractivity contribution in [1.29, 1.82) is 5.26 Å². The van der Waals surface area contributed by atoms with Gasteiger partial charge in [0.25, 0.3) is 0 Å². The zero-order valence-electron chi connectivity index (χ0n) is 10.9. The normalized spacial score (nSPS) is 15.7. The molecule has 1 N–H and O–H groups in total. The van der Waals surface area contributed by atoms with Crippen LogP contribution in [0.15, 0.2) is 89.8 Å². The highest BCUT2D eigenvalue weighted by Gasteiger charge is 1.83. The van der Waals surface area contributed by atoms with E-state index in [1.54, 1.807) is 36.5 Å². The average Bonchev–Trinajstić information content (AvgIpc) is 2.47. The first-order valence-electron chi connectivity index (χ1n) is 5.97. The van der Waals surface area contributed by atoms with E-state index in [0.29, 0.717) is 5.57 Å². The van der Waals surface area contributed by atoms with Crippen molar-refractivity contribution in [1.82, 2.24) is 5.59 Å². The van der Waals surface area contributed by atoms with Crippen molar-refractivity contribution < 1.29 is 4.84 Å². The molecule has 0 amide bonds. The number of nitrogens with zero attached hydrogens (tertiary/aromatic N) is 2. The van der Waals surface area contributed by atoms with Gasteiger partial charge in [-0.15, -0.1) is 5.59 Å². The van der Waals surface area contributed by atoms with Gasteiger partial charge in [-0.2, -0.15) is 10.4 Å². The Morgan fingerprint density at radius 3 is 2.40 bits per heavy atom. The van der Waals surface area contributed by atoms with E-state index in [2.05, 4.69) is 16.8 Å². The van der Waals surface area contributed by atoms with E-state index < -0.39 is 0 Å². The standard InChI is InChI=1S/C16H15N3O/c17-15-16-11-7-4-2-1-3-5-10-14-20-19-18-13-9-6-8-12-16/h1-14,19H. The van der Waals surface area contributed by atoms with Crippen LogP contribution in [0.4, 0.5) is 0 Å². The summed E-state index contributed by atoms with van der Waals surface area (Å²) in [4.78, 5) is 4.89. The first-order valence-corrected chi connectivity index (χ1v) is 5.97. The summed E-state index contributed by atoms with van der Waals surface area (Å²) < 4.78 is 0. The number of hydrogen-bond donors (Lipinski definition) is 1. The summed E-state index contributed by atoms with van der Waals surface area (Å²) in [5.74, 6) is 0. The van der Waals surface area contributed by atoms with Crippen molar-refractivity contribution >= 4 is 6.21 Å². The summed E-state index contributed by atoms with van der Waals surface area (Å²) in [5, 5.41) is 12.7. The van der Waals surface area contributed by atoms with Crippen molar-refractivity contribution in [2.45, 2.75) is 0 Å². The number of nitrogens with one attached hydrogen (secondary N) is 1. The van der Waals surface area contributed by atoms with Crippen LogP contribution in [0.25, 0.3) is 0 Å². The molecule has 0 spiro atoms. The van der Waals surface area contributed by atoms with Crippen LogP contribution in [0.3, 0.4) is 0 Å². The molecule has 0 aromatic carbocycles. The summed E-state index contributed by atoms with van der Waals surface area (Å²) >= 11 is 0. The van der Waals surface area contributed by atoms with Crippen molar-refractivity contribution in [3.63, 3.8) is 0 Å². The Labute approximate surface area is 118 Å². The highest BCUT2D eigenvalue weighted by molar-refractivity contribution is 5.71. The Hall–Kier alpha value is -3.06. The molecule has 0 aliphatic carbocycles. The lowest BCUT2D eigenvalue weighted by atomic mass is 10.2. The minimum atomic E-state index is 0.567. The number of hydrazone groups is 1. The van der Waals surface area contributed by atoms with Gasteiger partial charge in [0.2, 0.25) is 0 Å². The third kappa shape index (κ3) is 8.09. The van der Waals surface area contributed by atoms with E-state index in [0.717, 1.165) is 0 Å². The molecule has 4 heteroatoms. The highest BCUT2D eigenvalue weighted by atomic mass is 16.7. The summed E-state index contributed by atoms with van der Waals surface area (Å²) in [6, 6.07) is 2.10. The molecular weight excluding hydrogens is 250 g/mol. The second-order valence-electron chi connectivity index (χ2n) is 3.45. The minimum Gasteiger partial charge on any atom is -0.373 e. The topological polar surface area (TPSA) is 57.4 Å². The van der Waals surface area contributed by atoms with E-state index >= 15 is 0 Å². The maximum Gasteiger partial charge on any atom is 0.121 e. The molecule has 0 aromatic rings. The molecular formula is C16H15N3O. The van der Waals surface area contributed by atoms with Crippen molar-refractivity contribution in [2.24, 2.45) is 5.10 Å². The predicted molar refractivity (Wildman–Crippen MR) is 81.2 cm³/mol.